The topological polar surface area (TPSA) is 64.7 Å². The molecule has 0 bridgehead atoms. The van der Waals surface area contributed by atoms with Gasteiger partial charge in [0.25, 0.3) is 0 Å². The number of hydrogen-bond acceptors (Lipinski definition) is 5. The Kier molecular flexibility index (Phi) is 3.52. The second-order valence-electron chi connectivity index (χ2n) is 4.99. The number of hydrogen-bond donors (Lipinski definition) is 1. The maximum Gasteiger partial charge on any atom is 0.137 e. The van der Waals surface area contributed by atoms with Crippen molar-refractivity contribution in [3.8, 4) is 0 Å². The maximum absolute atomic E-state index is 5.83. The maximum atomic E-state index is 5.83. The van der Waals surface area contributed by atoms with Crippen LogP contribution in [0.25, 0.3) is 0 Å². The minimum atomic E-state index is -0.108. The molecule has 4 nitrogen and oxygen atoms in total. The predicted octanol–water partition coefficient (Wildman–Crippen LogP) is 2.90. The molecule has 0 aromatic carbocycles. The first kappa shape index (κ1) is 12.8. The predicted molar refractivity (Wildman–Crippen MR) is 73.5 cm³/mol. The van der Waals surface area contributed by atoms with Gasteiger partial charge in [0.15, 0.2) is 0 Å². The van der Waals surface area contributed by atoms with Gasteiger partial charge in [0.05, 0.1) is 0 Å². The summed E-state index contributed by atoms with van der Waals surface area (Å²) in [5.41, 5.74) is 5.72. The average molecular weight is 260 g/mol. The molecule has 0 unspecified atom stereocenters. The lowest BCUT2D eigenvalue weighted by atomic mass is 9.96. The summed E-state index contributed by atoms with van der Waals surface area (Å²) in [6.45, 7) is 6.22. The molecule has 0 amide bonds. The molecule has 0 atom stereocenters. The second kappa shape index (κ2) is 4.94. The lowest BCUT2D eigenvalue weighted by Crippen LogP contribution is -2.17. The van der Waals surface area contributed by atoms with Gasteiger partial charge < -0.3 is 5.73 Å². The lowest BCUT2D eigenvalue weighted by Gasteiger charge is -2.17. The van der Waals surface area contributed by atoms with Crippen LogP contribution in [0.5, 0.6) is 0 Å². The molecular formula is C13H16N4S. The van der Waals surface area contributed by atoms with Crippen molar-refractivity contribution in [3.05, 3.63) is 36.4 Å². The van der Waals surface area contributed by atoms with Gasteiger partial charge in [0.1, 0.15) is 16.7 Å². The zero-order valence-electron chi connectivity index (χ0n) is 10.7. The number of aromatic nitrogens is 3. The van der Waals surface area contributed by atoms with Gasteiger partial charge in [-0.15, -0.1) is 0 Å². The van der Waals surface area contributed by atoms with Crippen molar-refractivity contribution in [2.45, 2.75) is 36.1 Å². The van der Waals surface area contributed by atoms with Gasteiger partial charge in [-0.05, 0) is 12.1 Å². The smallest absolute Gasteiger partial charge is 0.137 e. The van der Waals surface area contributed by atoms with E-state index in [-0.39, 0.29) is 5.41 Å². The van der Waals surface area contributed by atoms with E-state index in [1.807, 2.05) is 12.1 Å². The number of anilines is 1. The molecule has 0 saturated heterocycles. The lowest BCUT2D eigenvalue weighted by molar-refractivity contribution is 0.540. The summed E-state index contributed by atoms with van der Waals surface area (Å²) >= 11 is 1.56. The van der Waals surface area contributed by atoms with Crippen LogP contribution in [0.4, 0.5) is 5.82 Å². The minimum absolute atomic E-state index is 0.108. The molecule has 2 heterocycles. The molecule has 0 aliphatic rings. The van der Waals surface area contributed by atoms with E-state index in [2.05, 4.69) is 35.7 Å². The summed E-state index contributed by atoms with van der Waals surface area (Å²) in [4.78, 5) is 13.9. The zero-order valence-corrected chi connectivity index (χ0v) is 11.5. The average Bonchev–Trinajstić information content (AvgIpc) is 2.28. The largest absolute Gasteiger partial charge is 0.384 e. The van der Waals surface area contributed by atoms with E-state index >= 15 is 0 Å². The number of nitrogens with zero attached hydrogens (tertiary/aromatic N) is 3. The second-order valence-corrected chi connectivity index (χ2v) is 6.08. The van der Waals surface area contributed by atoms with E-state index < -0.39 is 0 Å². The monoisotopic (exact) mass is 260 g/mol. The number of rotatable bonds is 2. The molecule has 2 aromatic heterocycles. The molecule has 2 aromatic rings. The van der Waals surface area contributed by atoms with Crippen molar-refractivity contribution in [2.75, 3.05) is 5.73 Å². The van der Waals surface area contributed by atoms with Gasteiger partial charge in [-0.1, -0.05) is 32.5 Å². The molecular weight excluding hydrogens is 244 g/mol. The van der Waals surface area contributed by atoms with E-state index in [1.165, 1.54) is 0 Å². The van der Waals surface area contributed by atoms with E-state index in [4.69, 9.17) is 5.73 Å². The van der Waals surface area contributed by atoms with Crippen LogP contribution >= 0.6 is 11.8 Å². The van der Waals surface area contributed by atoms with E-state index in [0.29, 0.717) is 5.82 Å². The highest BCUT2D eigenvalue weighted by Gasteiger charge is 2.18. The fourth-order valence-corrected chi connectivity index (χ4v) is 2.17. The Morgan fingerprint density at radius 3 is 2.39 bits per heavy atom. The summed E-state index contributed by atoms with van der Waals surface area (Å²) in [5.74, 6) is 1.27. The molecule has 0 radical (unpaired) electrons. The number of pyridine rings is 1. The summed E-state index contributed by atoms with van der Waals surface area (Å²) in [7, 11) is 0. The third-order valence-corrected chi connectivity index (χ3v) is 3.19. The normalized spacial score (nSPS) is 11.5. The quantitative estimate of drug-likeness (QED) is 0.841. The van der Waals surface area contributed by atoms with Crippen molar-refractivity contribution >= 4 is 17.6 Å². The zero-order chi connectivity index (χ0) is 13.2. The van der Waals surface area contributed by atoms with E-state index in [9.17, 15) is 0 Å². The van der Waals surface area contributed by atoms with Gasteiger partial charge in [0.2, 0.25) is 0 Å². The molecule has 0 fully saturated rings. The first-order valence-corrected chi connectivity index (χ1v) is 6.50. The number of nitrogens with two attached hydrogens (primary N) is 1. The standard InChI is InChI=1S/C13H16N4S/c1-13(2,3)12-16-10(14)8-11(17-12)18-9-4-6-15-7-5-9/h4-8H,1-3H3,(H2,14,16,17). The molecule has 94 valence electrons. The van der Waals surface area contributed by atoms with Crippen molar-refractivity contribution in [1.29, 1.82) is 0 Å². The highest BCUT2D eigenvalue weighted by molar-refractivity contribution is 7.99. The van der Waals surface area contributed by atoms with Crippen molar-refractivity contribution in [2.24, 2.45) is 0 Å². The van der Waals surface area contributed by atoms with Crippen LogP contribution in [0.15, 0.2) is 40.5 Å². The molecule has 2 rings (SSSR count). The van der Waals surface area contributed by atoms with Gasteiger partial charge in [-0.3, -0.25) is 4.98 Å². The molecule has 5 heteroatoms. The van der Waals surface area contributed by atoms with Crippen LogP contribution in [0.2, 0.25) is 0 Å². The van der Waals surface area contributed by atoms with Crippen LogP contribution in [0, 0.1) is 0 Å². The van der Waals surface area contributed by atoms with Gasteiger partial charge in [-0.2, -0.15) is 0 Å². The van der Waals surface area contributed by atoms with E-state index in [1.54, 1.807) is 30.2 Å². The van der Waals surface area contributed by atoms with E-state index in [0.717, 1.165) is 15.7 Å². The molecule has 0 saturated carbocycles. The fourth-order valence-electron chi connectivity index (χ4n) is 1.36. The SMILES string of the molecule is CC(C)(C)c1nc(N)cc(Sc2ccncc2)n1. The Balaban J connectivity index is 2.32. The van der Waals surface area contributed by atoms with Crippen molar-refractivity contribution < 1.29 is 0 Å². The Morgan fingerprint density at radius 1 is 1.11 bits per heavy atom. The van der Waals surface area contributed by atoms with Gasteiger partial charge in [-0.25, -0.2) is 9.97 Å². The highest BCUT2D eigenvalue weighted by atomic mass is 32.2. The van der Waals surface area contributed by atoms with Crippen molar-refractivity contribution in [1.82, 2.24) is 15.0 Å². The van der Waals surface area contributed by atoms with Crippen LogP contribution in [-0.4, -0.2) is 15.0 Å². The first-order valence-electron chi connectivity index (χ1n) is 5.68. The summed E-state index contributed by atoms with van der Waals surface area (Å²) < 4.78 is 0. The Bertz CT molecular complexity index is 534. The van der Waals surface area contributed by atoms with Gasteiger partial charge in [0, 0.05) is 28.8 Å². The Hall–Kier alpha value is -1.62. The number of nitrogen functional groups attached to an aromatic ring is 1. The first-order chi connectivity index (χ1) is 8.45. The van der Waals surface area contributed by atoms with Crippen LogP contribution in [-0.2, 0) is 5.41 Å². The summed E-state index contributed by atoms with van der Waals surface area (Å²) in [6, 6.07) is 5.68. The molecule has 0 spiro atoms. The summed E-state index contributed by atoms with van der Waals surface area (Å²) in [6.07, 6.45) is 3.52. The van der Waals surface area contributed by atoms with Gasteiger partial charge >= 0.3 is 0 Å². The molecule has 18 heavy (non-hydrogen) atoms. The molecule has 0 aliphatic carbocycles. The molecule has 0 aliphatic heterocycles. The molecule has 2 N–H and O–H groups in total. The fraction of sp³-hybridized carbons (Fsp3) is 0.308. The van der Waals surface area contributed by atoms with Crippen LogP contribution < -0.4 is 5.73 Å². The minimum Gasteiger partial charge on any atom is -0.384 e. The Morgan fingerprint density at radius 2 is 1.78 bits per heavy atom. The summed E-state index contributed by atoms with van der Waals surface area (Å²) in [5, 5.41) is 0.860. The van der Waals surface area contributed by atoms with Crippen LogP contribution in [0.3, 0.4) is 0 Å². The highest BCUT2D eigenvalue weighted by Crippen LogP contribution is 2.28. The van der Waals surface area contributed by atoms with Crippen molar-refractivity contribution in [3.63, 3.8) is 0 Å². The Labute approximate surface area is 111 Å². The van der Waals surface area contributed by atoms with Crippen LogP contribution in [0.1, 0.15) is 26.6 Å². The third-order valence-electron chi connectivity index (χ3n) is 2.27. The third kappa shape index (κ3) is 3.20.